The van der Waals surface area contributed by atoms with Crippen LogP contribution in [-0.4, -0.2) is 17.3 Å². The topological polar surface area (TPSA) is 51.2 Å². The number of carbonyl (C=O) groups is 3. The molecule has 132 valence electrons. The Morgan fingerprint density at radius 3 is 2.50 bits per heavy atom. The van der Waals surface area contributed by atoms with Gasteiger partial charge in [0.1, 0.15) is 5.78 Å². The molecule has 7 atom stereocenters. The van der Waals surface area contributed by atoms with E-state index in [-0.39, 0.29) is 28.3 Å². The third-order valence-electron chi connectivity index (χ3n) is 8.72. The van der Waals surface area contributed by atoms with Crippen LogP contribution in [0.2, 0.25) is 0 Å². The fourth-order valence-corrected chi connectivity index (χ4v) is 7.39. The van der Waals surface area contributed by atoms with Crippen molar-refractivity contribution in [1.29, 1.82) is 0 Å². The smallest absolute Gasteiger partial charge is 0.201 e. The summed E-state index contributed by atoms with van der Waals surface area (Å²) < 4.78 is 0. The van der Waals surface area contributed by atoms with Gasteiger partial charge in [-0.1, -0.05) is 27.2 Å². The zero-order chi connectivity index (χ0) is 17.3. The SMILES string of the molecule is CCC1CC(=O)[C@@]2(C)CC[C@@H]3[C@@H](CCC4C(=O)C(=O)CC[C@@]43C)[C@H]12. The van der Waals surface area contributed by atoms with E-state index in [9.17, 15) is 14.4 Å². The van der Waals surface area contributed by atoms with Crippen LogP contribution in [0.3, 0.4) is 0 Å². The molecule has 0 amide bonds. The first-order valence-corrected chi connectivity index (χ1v) is 9.93. The molecule has 4 rings (SSSR count). The molecular formula is C21H30O3. The monoisotopic (exact) mass is 330 g/mol. The van der Waals surface area contributed by atoms with E-state index in [1.54, 1.807) is 0 Å². The van der Waals surface area contributed by atoms with Gasteiger partial charge >= 0.3 is 0 Å². The van der Waals surface area contributed by atoms with Crippen molar-refractivity contribution >= 4 is 17.3 Å². The Labute approximate surface area is 144 Å². The molecular weight excluding hydrogens is 300 g/mol. The standard InChI is InChI=1S/C21H30O3/c1-4-12-11-17(23)21(3)9-7-14-13(18(12)21)5-6-15-19(24)16(22)8-10-20(14,15)2/h12-15,18H,4-11H2,1-3H3/t12?,13-,14-,15?,18+,20-,21-/m1/s1. The summed E-state index contributed by atoms with van der Waals surface area (Å²) in [6, 6.07) is 0. The van der Waals surface area contributed by atoms with E-state index in [0.29, 0.717) is 35.9 Å². The fraction of sp³-hybridized carbons (Fsp3) is 0.857. The van der Waals surface area contributed by atoms with Crippen molar-refractivity contribution in [3.8, 4) is 0 Å². The Balaban J connectivity index is 1.70. The number of fused-ring (bicyclic) bond motifs is 5. The van der Waals surface area contributed by atoms with Gasteiger partial charge < -0.3 is 0 Å². The average molecular weight is 330 g/mol. The molecule has 2 unspecified atom stereocenters. The highest BCUT2D eigenvalue weighted by Gasteiger charge is 2.63. The van der Waals surface area contributed by atoms with Gasteiger partial charge in [-0.05, 0) is 61.2 Å². The van der Waals surface area contributed by atoms with Gasteiger partial charge in [-0.3, -0.25) is 14.4 Å². The zero-order valence-corrected chi connectivity index (χ0v) is 15.3. The van der Waals surface area contributed by atoms with E-state index >= 15 is 0 Å². The third-order valence-corrected chi connectivity index (χ3v) is 8.72. The van der Waals surface area contributed by atoms with Crippen molar-refractivity contribution in [1.82, 2.24) is 0 Å². The van der Waals surface area contributed by atoms with Gasteiger partial charge in [0.15, 0.2) is 5.78 Å². The lowest BCUT2D eigenvalue weighted by Crippen LogP contribution is -2.56. The maximum atomic E-state index is 12.7. The zero-order valence-electron chi connectivity index (χ0n) is 15.3. The highest BCUT2D eigenvalue weighted by molar-refractivity contribution is 6.38. The van der Waals surface area contributed by atoms with Crippen LogP contribution < -0.4 is 0 Å². The molecule has 4 fully saturated rings. The molecule has 0 saturated heterocycles. The second-order valence-corrected chi connectivity index (χ2v) is 9.47. The Bertz CT molecular complexity index is 608. The van der Waals surface area contributed by atoms with Gasteiger partial charge in [0, 0.05) is 24.2 Å². The molecule has 3 nitrogen and oxygen atoms in total. The second kappa shape index (κ2) is 5.25. The molecule has 0 N–H and O–H groups in total. The highest BCUT2D eigenvalue weighted by atomic mass is 16.2. The van der Waals surface area contributed by atoms with Crippen molar-refractivity contribution in [2.24, 2.45) is 40.4 Å². The summed E-state index contributed by atoms with van der Waals surface area (Å²) in [6.45, 7) is 6.72. The van der Waals surface area contributed by atoms with Crippen LogP contribution >= 0.6 is 0 Å². The lowest BCUT2D eigenvalue weighted by molar-refractivity contribution is -0.160. The van der Waals surface area contributed by atoms with Gasteiger partial charge in [-0.25, -0.2) is 0 Å². The van der Waals surface area contributed by atoms with Crippen LogP contribution in [-0.2, 0) is 14.4 Å². The van der Waals surface area contributed by atoms with E-state index in [1.165, 1.54) is 0 Å². The predicted octanol–water partition coefficient (Wildman–Crippen LogP) is 3.98. The predicted molar refractivity (Wildman–Crippen MR) is 91.3 cm³/mol. The van der Waals surface area contributed by atoms with Crippen molar-refractivity contribution in [3.05, 3.63) is 0 Å². The lowest BCUT2D eigenvalue weighted by atomic mass is 9.44. The Hall–Kier alpha value is -0.990. The normalized spacial score (nSPS) is 51.1. The number of hydrogen-bond acceptors (Lipinski definition) is 3. The molecule has 4 aliphatic rings. The number of Topliss-reactive ketones (excluding diaryl/α,β-unsaturated/α-hetero) is 3. The largest absolute Gasteiger partial charge is 0.299 e. The van der Waals surface area contributed by atoms with E-state index in [2.05, 4.69) is 20.8 Å². The Morgan fingerprint density at radius 2 is 1.79 bits per heavy atom. The molecule has 0 spiro atoms. The Morgan fingerprint density at radius 1 is 1.04 bits per heavy atom. The first kappa shape index (κ1) is 16.5. The molecule has 0 aromatic heterocycles. The Kier molecular flexibility index (Phi) is 3.61. The maximum Gasteiger partial charge on any atom is 0.201 e. The second-order valence-electron chi connectivity index (χ2n) is 9.47. The molecule has 0 radical (unpaired) electrons. The first-order valence-electron chi connectivity index (χ1n) is 9.93. The molecule has 4 aliphatic carbocycles. The van der Waals surface area contributed by atoms with E-state index in [4.69, 9.17) is 0 Å². The van der Waals surface area contributed by atoms with Crippen molar-refractivity contribution < 1.29 is 14.4 Å². The first-order chi connectivity index (χ1) is 11.3. The van der Waals surface area contributed by atoms with Crippen molar-refractivity contribution in [3.63, 3.8) is 0 Å². The van der Waals surface area contributed by atoms with E-state index in [0.717, 1.165) is 44.9 Å². The van der Waals surface area contributed by atoms with E-state index < -0.39 is 0 Å². The quantitative estimate of drug-likeness (QED) is 0.683. The minimum atomic E-state index is -0.140. The number of carbonyl (C=O) groups excluding carboxylic acids is 3. The molecule has 0 bridgehead atoms. The van der Waals surface area contributed by atoms with Crippen LogP contribution in [0.4, 0.5) is 0 Å². The molecule has 0 aromatic carbocycles. The summed E-state index contributed by atoms with van der Waals surface area (Å²) in [5.74, 6) is 2.31. The van der Waals surface area contributed by atoms with Gasteiger partial charge in [0.25, 0.3) is 0 Å². The summed E-state index contributed by atoms with van der Waals surface area (Å²) in [7, 11) is 0. The minimum absolute atomic E-state index is 0.0147. The minimum Gasteiger partial charge on any atom is -0.299 e. The summed E-state index contributed by atoms with van der Waals surface area (Å²) >= 11 is 0. The molecule has 24 heavy (non-hydrogen) atoms. The maximum absolute atomic E-state index is 12.7. The highest BCUT2D eigenvalue weighted by Crippen LogP contribution is 2.66. The average Bonchev–Trinajstić information content (AvgIpc) is 2.82. The number of hydrogen-bond donors (Lipinski definition) is 0. The van der Waals surface area contributed by atoms with Crippen LogP contribution in [0.25, 0.3) is 0 Å². The van der Waals surface area contributed by atoms with E-state index in [1.807, 2.05) is 0 Å². The summed E-state index contributed by atoms with van der Waals surface area (Å²) in [5.41, 5.74) is -0.140. The van der Waals surface area contributed by atoms with Crippen LogP contribution in [0.1, 0.15) is 72.1 Å². The van der Waals surface area contributed by atoms with Gasteiger partial charge in [0.05, 0.1) is 0 Å². The lowest BCUT2D eigenvalue weighted by Gasteiger charge is -2.59. The summed E-state index contributed by atoms with van der Waals surface area (Å²) in [6.07, 6.45) is 7.11. The number of rotatable bonds is 1. The molecule has 0 heterocycles. The summed E-state index contributed by atoms with van der Waals surface area (Å²) in [4.78, 5) is 37.2. The molecule has 3 heteroatoms. The number of ketones is 3. The molecule has 0 aliphatic heterocycles. The van der Waals surface area contributed by atoms with Crippen molar-refractivity contribution in [2.75, 3.05) is 0 Å². The van der Waals surface area contributed by atoms with Gasteiger partial charge in [0.2, 0.25) is 5.78 Å². The van der Waals surface area contributed by atoms with Gasteiger partial charge in [-0.15, -0.1) is 0 Å². The van der Waals surface area contributed by atoms with Gasteiger partial charge in [-0.2, -0.15) is 0 Å². The fourth-order valence-electron chi connectivity index (χ4n) is 7.39. The third kappa shape index (κ3) is 1.93. The van der Waals surface area contributed by atoms with Crippen LogP contribution in [0.5, 0.6) is 0 Å². The van der Waals surface area contributed by atoms with Crippen molar-refractivity contribution in [2.45, 2.75) is 72.1 Å². The van der Waals surface area contributed by atoms with Crippen LogP contribution in [0.15, 0.2) is 0 Å². The molecule has 0 aromatic rings. The summed E-state index contributed by atoms with van der Waals surface area (Å²) in [5, 5.41) is 0. The van der Waals surface area contributed by atoms with Crippen LogP contribution in [0, 0.1) is 40.4 Å². The molecule has 4 saturated carbocycles.